The Bertz CT molecular complexity index is 120. The molecule has 1 aliphatic carbocycles. The van der Waals surface area contributed by atoms with E-state index in [1.165, 1.54) is 19.3 Å². The van der Waals surface area contributed by atoms with Crippen LogP contribution in [0.5, 0.6) is 0 Å². The summed E-state index contributed by atoms with van der Waals surface area (Å²) in [5.41, 5.74) is 6.01. The Morgan fingerprint density at radius 1 is 1.27 bits per heavy atom. The Labute approximate surface area is 70.4 Å². The Kier molecular flexibility index (Phi) is 2.94. The molecule has 0 saturated heterocycles. The van der Waals surface area contributed by atoms with E-state index in [2.05, 4.69) is 20.8 Å². The monoisotopic (exact) mass is 155 g/mol. The smallest absolute Gasteiger partial charge is 0.00672 e. The molecule has 2 N–H and O–H groups in total. The summed E-state index contributed by atoms with van der Waals surface area (Å²) in [5, 5.41) is 0. The normalized spacial score (nSPS) is 39.5. The van der Waals surface area contributed by atoms with Crippen molar-refractivity contribution in [3.63, 3.8) is 0 Å². The molecule has 66 valence electrons. The Morgan fingerprint density at radius 2 is 1.91 bits per heavy atom. The molecule has 1 rings (SSSR count). The second-order valence-corrected chi connectivity index (χ2v) is 4.46. The first-order chi connectivity index (χ1) is 5.11. The highest BCUT2D eigenvalue weighted by Crippen LogP contribution is 2.32. The molecular formula is C10H21N. The van der Waals surface area contributed by atoms with Gasteiger partial charge >= 0.3 is 0 Å². The summed E-state index contributed by atoms with van der Waals surface area (Å²) in [4.78, 5) is 0. The summed E-state index contributed by atoms with van der Waals surface area (Å²) in [6.45, 7) is 6.90. The van der Waals surface area contributed by atoms with Crippen molar-refractivity contribution >= 4 is 0 Å². The lowest BCUT2D eigenvalue weighted by molar-refractivity contribution is 0.206. The zero-order valence-electron chi connectivity index (χ0n) is 8.01. The highest BCUT2D eigenvalue weighted by molar-refractivity contribution is 4.81. The van der Waals surface area contributed by atoms with Crippen molar-refractivity contribution in [2.24, 2.45) is 23.5 Å². The summed E-state index contributed by atoms with van der Waals surface area (Å²) in [6.07, 6.45) is 3.98. The van der Waals surface area contributed by atoms with E-state index in [1.807, 2.05) is 0 Å². The Morgan fingerprint density at radius 3 is 2.36 bits per heavy atom. The van der Waals surface area contributed by atoms with E-state index in [9.17, 15) is 0 Å². The third-order valence-corrected chi connectivity index (χ3v) is 3.24. The van der Waals surface area contributed by atoms with Crippen LogP contribution in [-0.4, -0.2) is 6.04 Å². The third kappa shape index (κ3) is 2.19. The number of nitrogens with two attached hydrogens (primary N) is 1. The molecule has 1 nitrogen and oxygen atoms in total. The van der Waals surface area contributed by atoms with Gasteiger partial charge in [0.1, 0.15) is 0 Å². The first kappa shape index (κ1) is 9.05. The van der Waals surface area contributed by atoms with Crippen LogP contribution in [0.15, 0.2) is 0 Å². The molecule has 0 aromatic heterocycles. The van der Waals surface area contributed by atoms with Gasteiger partial charge < -0.3 is 5.73 Å². The second kappa shape index (κ2) is 3.57. The van der Waals surface area contributed by atoms with Crippen molar-refractivity contribution in [2.75, 3.05) is 0 Å². The molecule has 1 aliphatic rings. The van der Waals surface area contributed by atoms with Crippen LogP contribution < -0.4 is 5.73 Å². The van der Waals surface area contributed by atoms with E-state index >= 15 is 0 Å². The first-order valence-electron chi connectivity index (χ1n) is 4.87. The van der Waals surface area contributed by atoms with E-state index in [-0.39, 0.29) is 0 Å². The van der Waals surface area contributed by atoms with Gasteiger partial charge in [0.05, 0.1) is 0 Å². The first-order valence-corrected chi connectivity index (χ1v) is 4.87. The van der Waals surface area contributed by atoms with Crippen molar-refractivity contribution in [1.29, 1.82) is 0 Å². The quantitative estimate of drug-likeness (QED) is 0.618. The maximum Gasteiger partial charge on any atom is 0.00672 e. The van der Waals surface area contributed by atoms with Crippen molar-refractivity contribution in [1.82, 2.24) is 0 Å². The standard InChI is InChI=1S/C10H21N/c1-7(2)9-5-4-8(3)10(11)6-9/h7-10H,4-6,11H2,1-3H3/t8-,9-,10-/m0/s1. The van der Waals surface area contributed by atoms with Crippen LogP contribution in [0.1, 0.15) is 40.0 Å². The molecular weight excluding hydrogens is 134 g/mol. The molecule has 1 saturated carbocycles. The van der Waals surface area contributed by atoms with Gasteiger partial charge in [0.2, 0.25) is 0 Å². The molecule has 1 heteroatoms. The fraction of sp³-hybridized carbons (Fsp3) is 1.00. The van der Waals surface area contributed by atoms with E-state index < -0.39 is 0 Å². The predicted molar refractivity (Wildman–Crippen MR) is 49.3 cm³/mol. The van der Waals surface area contributed by atoms with Crippen LogP contribution in [0.25, 0.3) is 0 Å². The van der Waals surface area contributed by atoms with Crippen LogP contribution in [0.4, 0.5) is 0 Å². The number of rotatable bonds is 1. The Hall–Kier alpha value is -0.0400. The van der Waals surface area contributed by atoms with Gasteiger partial charge in [0, 0.05) is 6.04 Å². The van der Waals surface area contributed by atoms with Crippen molar-refractivity contribution in [3.05, 3.63) is 0 Å². The lowest BCUT2D eigenvalue weighted by Crippen LogP contribution is -2.36. The van der Waals surface area contributed by atoms with E-state index in [1.54, 1.807) is 0 Å². The Balaban J connectivity index is 2.40. The lowest BCUT2D eigenvalue weighted by Gasteiger charge is -2.33. The molecule has 0 aromatic rings. The zero-order chi connectivity index (χ0) is 8.43. The van der Waals surface area contributed by atoms with Crippen LogP contribution in [-0.2, 0) is 0 Å². The van der Waals surface area contributed by atoms with Crippen molar-refractivity contribution in [3.8, 4) is 0 Å². The molecule has 1 fully saturated rings. The zero-order valence-corrected chi connectivity index (χ0v) is 8.01. The van der Waals surface area contributed by atoms with Gasteiger partial charge in [-0.1, -0.05) is 20.8 Å². The van der Waals surface area contributed by atoms with Crippen molar-refractivity contribution in [2.45, 2.75) is 46.1 Å². The SMILES string of the molecule is CC(C)[C@H]1CC[C@H](C)[C@@H](N)C1. The van der Waals surface area contributed by atoms with Gasteiger partial charge in [-0.2, -0.15) is 0 Å². The lowest BCUT2D eigenvalue weighted by atomic mass is 9.75. The topological polar surface area (TPSA) is 26.0 Å². The fourth-order valence-corrected chi connectivity index (χ4v) is 2.00. The second-order valence-electron chi connectivity index (χ2n) is 4.46. The third-order valence-electron chi connectivity index (χ3n) is 3.24. The fourth-order valence-electron chi connectivity index (χ4n) is 2.00. The molecule has 0 aromatic carbocycles. The highest BCUT2D eigenvalue weighted by atomic mass is 14.7. The van der Waals surface area contributed by atoms with Gasteiger partial charge in [-0.3, -0.25) is 0 Å². The summed E-state index contributed by atoms with van der Waals surface area (Å²) < 4.78 is 0. The molecule has 3 atom stereocenters. The number of hydrogen-bond donors (Lipinski definition) is 1. The molecule has 0 aliphatic heterocycles. The average Bonchev–Trinajstić information content (AvgIpc) is 1.94. The van der Waals surface area contributed by atoms with Gasteiger partial charge in [-0.05, 0) is 37.0 Å². The van der Waals surface area contributed by atoms with Gasteiger partial charge in [0.25, 0.3) is 0 Å². The van der Waals surface area contributed by atoms with Crippen molar-refractivity contribution < 1.29 is 0 Å². The minimum Gasteiger partial charge on any atom is -0.327 e. The molecule has 11 heavy (non-hydrogen) atoms. The minimum atomic E-state index is 0.469. The summed E-state index contributed by atoms with van der Waals surface area (Å²) in [6, 6.07) is 0.469. The van der Waals surface area contributed by atoms with Crippen LogP contribution in [0.2, 0.25) is 0 Å². The van der Waals surface area contributed by atoms with Crippen LogP contribution >= 0.6 is 0 Å². The van der Waals surface area contributed by atoms with E-state index in [0.29, 0.717) is 6.04 Å². The van der Waals surface area contributed by atoms with Gasteiger partial charge in [-0.15, -0.1) is 0 Å². The predicted octanol–water partition coefficient (Wildman–Crippen LogP) is 2.41. The summed E-state index contributed by atoms with van der Waals surface area (Å²) in [7, 11) is 0. The number of hydrogen-bond acceptors (Lipinski definition) is 1. The highest BCUT2D eigenvalue weighted by Gasteiger charge is 2.26. The summed E-state index contributed by atoms with van der Waals surface area (Å²) in [5.74, 6) is 2.47. The maximum atomic E-state index is 6.01. The van der Waals surface area contributed by atoms with Gasteiger partial charge in [0.15, 0.2) is 0 Å². The summed E-state index contributed by atoms with van der Waals surface area (Å²) >= 11 is 0. The largest absolute Gasteiger partial charge is 0.327 e. The van der Waals surface area contributed by atoms with Gasteiger partial charge in [-0.25, -0.2) is 0 Å². The van der Waals surface area contributed by atoms with Crippen LogP contribution in [0.3, 0.4) is 0 Å². The molecule has 0 spiro atoms. The molecule has 0 heterocycles. The molecule has 0 unspecified atom stereocenters. The average molecular weight is 155 g/mol. The molecule has 0 amide bonds. The van der Waals surface area contributed by atoms with E-state index in [4.69, 9.17) is 5.73 Å². The maximum absolute atomic E-state index is 6.01. The molecule has 0 bridgehead atoms. The van der Waals surface area contributed by atoms with E-state index in [0.717, 1.165) is 17.8 Å². The van der Waals surface area contributed by atoms with Crippen LogP contribution in [0, 0.1) is 17.8 Å². The minimum absolute atomic E-state index is 0.469. The molecule has 0 radical (unpaired) electrons.